The highest BCUT2D eigenvalue weighted by molar-refractivity contribution is 9.10. The van der Waals surface area contributed by atoms with Crippen LogP contribution in [0.4, 0.5) is 5.69 Å². The first-order chi connectivity index (χ1) is 9.95. The summed E-state index contributed by atoms with van der Waals surface area (Å²) in [5.41, 5.74) is 6.11. The number of halogens is 1. The van der Waals surface area contributed by atoms with Crippen molar-refractivity contribution in [1.29, 1.82) is 0 Å². The Labute approximate surface area is 134 Å². The summed E-state index contributed by atoms with van der Waals surface area (Å²) in [6, 6.07) is 9.83. The van der Waals surface area contributed by atoms with E-state index in [1.54, 1.807) is 0 Å². The topological polar surface area (TPSA) is 29.1 Å². The van der Waals surface area contributed by atoms with Gasteiger partial charge in [-0.2, -0.15) is 0 Å². The summed E-state index contributed by atoms with van der Waals surface area (Å²) in [6.07, 6.45) is 0.895. The maximum Gasteiger partial charge on any atom is 0.255 e. The Balaban J connectivity index is 2.38. The number of carbonyl (C=O) groups excluding carboxylic acids is 1. The first-order valence-corrected chi connectivity index (χ1v) is 7.90. The molecule has 2 aromatic rings. The minimum Gasteiger partial charge on any atom is -0.322 e. The number of anilines is 1. The van der Waals surface area contributed by atoms with Crippen LogP contribution in [0, 0.1) is 20.8 Å². The SMILES string of the molecule is CCc1ccccc1NC(=O)c1cc(Br)c(C)c(C)c1C. The monoisotopic (exact) mass is 345 g/mol. The minimum atomic E-state index is -0.0581. The third kappa shape index (κ3) is 3.18. The zero-order chi connectivity index (χ0) is 15.6. The number of para-hydroxylation sites is 1. The average molecular weight is 346 g/mol. The fraction of sp³-hybridized carbons (Fsp3) is 0.278. The van der Waals surface area contributed by atoms with Crippen LogP contribution in [0.2, 0.25) is 0 Å². The van der Waals surface area contributed by atoms with Gasteiger partial charge in [0.25, 0.3) is 5.91 Å². The van der Waals surface area contributed by atoms with Gasteiger partial charge in [0.05, 0.1) is 0 Å². The maximum absolute atomic E-state index is 12.6. The van der Waals surface area contributed by atoms with Crippen molar-refractivity contribution < 1.29 is 4.79 Å². The molecule has 0 atom stereocenters. The van der Waals surface area contributed by atoms with Gasteiger partial charge in [0.1, 0.15) is 0 Å². The third-order valence-corrected chi connectivity index (χ3v) is 4.87. The van der Waals surface area contributed by atoms with Gasteiger partial charge in [-0.15, -0.1) is 0 Å². The van der Waals surface area contributed by atoms with Gasteiger partial charge in [-0.25, -0.2) is 0 Å². The quantitative estimate of drug-likeness (QED) is 0.814. The van der Waals surface area contributed by atoms with Gasteiger partial charge >= 0.3 is 0 Å². The van der Waals surface area contributed by atoms with Gasteiger partial charge in [0.15, 0.2) is 0 Å². The highest BCUT2D eigenvalue weighted by atomic mass is 79.9. The van der Waals surface area contributed by atoms with Crippen LogP contribution in [-0.4, -0.2) is 5.91 Å². The lowest BCUT2D eigenvalue weighted by Crippen LogP contribution is -2.15. The Morgan fingerprint density at radius 3 is 2.43 bits per heavy atom. The van der Waals surface area contributed by atoms with Crippen molar-refractivity contribution in [2.45, 2.75) is 34.1 Å². The van der Waals surface area contributed by atoms with Crippen molar-refractivity contribution in [3.8, 4) is 0 Å². The van der Waals surface area contributed by atoms with Crippen LogP contribution in [0.25, 0.3) is 0 Å². The molecule has 0 heterocycles. The van der Waals surface area contributed by atoms with E-state index in [0.29, 0.717) is 0 Å². The molecule has 1 N–H and O–H groups in total. The second-order valence-corrected chi connectivity index (χ2v) is 6.10. The number of hydrogen-bond donors (Lipinski definition) is 1. The summed E-state index contributed by atoms with van der Waals surface area (Å²) in [5.74, 6) is -0.0581. The molecule has 1 amide bonds. The maximum atomic E-state index is 12.6. The number of carbonyl (C=O) groups is 1. The van der Waals surface area contributed by atoms with Crippen LogP contribution in [0.1, 0.15) is 39.5 Å². The molecule has 0 radical (unpaired) electrons. The highest BCUT2D eigenvalue weighted by Crippen LogP contribution is 2.27. The standard InChI is InChI=1S/C18H20BrNO/c1-5-14-8-6-7-9-17(14)20-18(21)15-10-16(19)13(4)11(2)12(15)3/h6-10H,5H2,1-4H3,(H,20,21). The first kappa shape index (κ1) is 15.8. The molecule has 0 aromatic heterocycles. The molecule has 0 aliphatic heterocycles. The van der Waals surface area contributed by atoms with Crippen LogP contribution < -0.4 is 5.32 Å². The summed E-state index contributed by atoms with van der Waals surface area (Å²) < 4.78 is 0.972. The molecule has 110 valence electrons. The fourth-order valence-electron chi connectivity index (χ4n) is 2.38. The normalized spacial score (nSPS) is 10.5. The molecule has 2 nitrogen and oxygen atoms in total. The van der Waals surface area contributed by atoms with Crippen molar-refractivity contribution in [2.75, 3.05) is 5.32 Å². The van der Waals surface area contributed by atoms with Crippen LogP contribution in [0.15, 0.2) is 34.8 Å². The van der Waals surface area contributed by atoms with Crippen LogP contribution >= 0.6 is 15.9 Å². The van der Waals surface area contributed by atoms with Crippen molar-refractivity contribution >= 4 is 27.5 Å². The van der Waals surface area contributed by atoms with Gasteiger partial charge < -0.3 is 5.32 Å². The van der Waals surface area contributed by atoms with Crippen LogP contribution in [0.5, 0.6) is 0 Å². The number of amides is 1. The van der Waals surface area contributed by atoms with Crippen molar-refractivity contribution in [3.05, 3.63) is 62.6 Å². The van der Waals surface area contributed by atoms with E-state index in [-0.39, 0.29) is 5.91 Å². The molecular formula is C18H20BrNO. The molecule has 0 aliphatic carbocycles. The lowest BCUT2D eigenvalue weighted by molar-refractivity contribution is 0.102. The molecule has 21 heavy (non-hydrogen) atoms. The van der Waals surface area contributed by atoms with Crippen LogP contribution in [0.3, 0.4) is 0 Å². The number of benzene rings is 2. The number of nitrogens with one attached hydrogen (secondary N) is 1. The molecule has 0 bridgehead atoms. The van der Waals surface area contributed by atoms with Gasteiger partial charge in [-0.05, 0) is 61.6 Å². The van der Waals surface area contributed by atoms with E-state index < -0.39 is 0 Å². The van der Waals surface area contributed by atoms with Gasteiger partial charge in [-0.1, -0.05) is 41.1 Å². The molecule has 2 aromatic carbocycles. The van der Waals surface area contributed by atoms with E-state index in [1.165, 1.54) is 5.56 Å². The second kappa shape index (κ2) is 6.44. The van der Waals surface area contributed by atoms with E-state index in [9.17, 15) is 4.79 Å². The predicted molar refractivity (Wildman–Crippen MR) is 92.1 cm³/mol. The van der Waals surface area contributed by atoms with Crippen LogP contribution in [-0.2, 0) is 6.42 Å². The Bertz CT molecular complexity index is 692. The Kier molecular flexibility index (Phi) is 4.84. The van der Waals surface area contributed by atoms with E-state index in [0.717, 1.165) is 38.8 Å². The van der Waals surface area contributed by atoms with E-state index in [4.69, 9.17) is 0 Å². The number of hydrogen-bond acceptors (Lipinski definition) is 1. The molecule has 0 saturated carbocycles. The third-order valence-electron chi connectivity index (χ3n) is 4.05. The van der Waals surface area contributed by atoms with E-state index in [1.807, 2.05) is 44.2 Å². The first-order valence-electron chi connectivity index (χ1n) is 7.11. The smallest absolute Gasteiger partial charge is 0.255 e. The van der Waals surface area contributed by atoms with Crippen molar-refractivity contribution in [3.63, 3.8) is 0 Å². The molecule has 0 aliphatic rings. The fourth-order valence-corrected chi connectivity index (χ4v) is 2.91. The van der Waals surface area contributed by atoms with Gasteiger partial charge in [0.2, 0.25) is 0 Å². The molecule has 3 heteroatoms. The molecule has 0 unspecified atom stereocenters. The summed E-state index contributed by atoms with van der Waals surface area (Å²) in [4.78, 5) is 12.6. The second-order valence-electron chi connectivity index (χ2n) is 5.25. The van der Waals surface area contributed by atoms with Gasteiger partial charge in [-0.3, -0.25) is 4.79 Å². The molecule has 2 rings (SSSR count). The predicted octanol–water partition coefficient (Wildman–Crippen LogP) is 5.19. The van der Waals surface area contributed by atoms with E-state index >= 15 is 0 Å². The summed E-state index contributed by atoms with van der Waals surface area (Å²) in [5, 5.41) is 3.03. The van der Waals surface area contributed by atoms with Crippen molar-refractivity contribution in [2.24, 2.45) is 0 Å². The molecule has 0 spiro atoms. The molecule has 0 saturated heterocycles. The average Bonchev–Trinajstić information content (AvgIpc) is 2.49. The lowest BCUT2D eigenvalue weighted by Gasteiger charge is -2.15. The zero-order valence-corrected chi connectivity index (χ0v) is 14.5. The Morgan fingerprint density at radius 2 is 1.76 bits per heavy atom. The summed E-state index contributed by atoms with van der Waals surface area (Å²) >= 11 is 3.53. The molecular weight excluding hydrogens is 326 g/mol. The summed E-state index contributed by atoms with van der Waals surface area (Å²) in [6.45, 7) is 8.19. The van der Waals surface area contributed by atoms with Gasteiger partial charge in [0, 0.05) is 15.7 Å². The summed E-state index contributed by atoms with van der Waals surface area (Å²) in [7, 11) is 0. The minimum absolute atomic E-state index is 0.0581. The largest absolute Gasteiger partial charge is 0.322 e. The zero-order valence-electron chi connectivity index (χ0n) is 12.9. The molecule has 0 fully saturated rings. The Morgan fingerprint density at radius 1 is 1.10 bits per heavy atom. The number of aryl methyl sites for hydroxylation is 1. The highest BCUT2D eigenvalue weighted by Gasteiger charge is 2.15. The Hall–Kier alpha value is -1.61. The lowest BCUT2D eigenvalue weighted by atomic mass is 9.98. The van der Waals surface area contributed by atoms with E-state index in [2.05, 4.69) is 35.1 Å². The number of rotatable bonds is 3. The van der Waals surface area contributed by atoms with Crippen molar-refractivity contribution in [1.82, 2.24) is 0 Å².